The summed E-state index contributed by atoms with van der Waals surface area (Å²) in [4.78, 5) is 8.05. The van der Waals surface area contributed by atoms with Crippen molar-refractivity contribution in [3.8, 4) is 0 Å². The van der Waals surface area contributed by atoms with Crippen molar-refractivity contribution >= 4 is 0 Å². The predicted molar refractivity (Wildman–Crippen MR) is 73.7 cm³/mol. The Labute approximate surface area is 127 Å². The van der Waals surface area contributed by atoms with Crippen LogP contribution in [0.5, 0.6) is 0 Å². The van der Waals surface area contributed by atoms with Gasteiger partial charge in [-0.1, -0.05) is 0 Å². The number of ether oxygens (including phenoxy) is 1. The van der Waals surface area contributed by atoms with Crippen LogP contribution in [0.4, 0.5) is 0 Å². The molecule has 0 aliphatic carbocycles. The molecule has 1 aromatic heterocycles. The van der Waals surface area contributed by atoms with E-state index in [2.05, 4.69) is 9.97 Å². The van der Waals surface area contributed by atoms with Crippen molar-refractivity contribution in [3.05, 3.63) is 23.8 Å². The van der Waals surface area contributed by atoms with E-state index < -0.39 is 43.7 Å². The van der Waals surface area contributed by atoms with Gasteiger partial charge < -0.3 is 35.4 Å². The van der Waals surface area contributed by atoms with Gasteiger partial charge in [-0.3, -0.25) is 9.97 Å². The van der Waals surface area contributed by atoms with E-state index in [1.54, 1.807) is 0 Å². The van der Waals surface area contributed by atoms with E-state index in [4.69, 9.17) is 14.9 Å². The highest BCUT2D eigenvalue weighted by Gasteiger charge is 2.29. The number of hydrogen-bond donors (Lipinski definition) is 6. The first-order valence-electron chi connectivity index (χ1n) is 6.72. The van der Waals surface area contributed by atoms with Gasteiger partial charge in [0, 0.05) is 19.7 Å². The summed E-state index contributed by atoms with van der Waals surface area (Å²) in [5, 5.41) is 56.0. The standard InChI is InChI=1S/C13H22N2O7/c1-22-13(12(21)11(20)6-17)8-4-14-3-7(15-8)2-9(18)10(19)5-16/h3-4,9-13,16-21H,2,5-6H2,1H3. The van der Waals surface area contributed by atoms with Crippen molar-refractivity contribution in [2.24, 2.45) is 0 Å². The second-order valence-electron chi connectivity index (χ2n) is 4.85. The minimum atomic E-state index is -1.41. The lowest BCUT2D eigenvalue weighted by molar-refractivity contribution is -0.0929. The molecule has 22 heavy (non-hydrogen) atoms. The van der Waals surface area contributed by atoms with E-state index in [1.165, 1.54) is 19.5 Å². The molecule has 9 heteroatoms. The number of aliphatic hydroxyl groups is 6. The van der Waals surface area contributed by atoms with E-state index in [0.29, 0.717) is 5.69 Å². The van der Waals surface area contributed by atoms with Crippen LogP contribution >= 0.6 is 0 Å². The Balaban J connectivity index is 2.89. The summed E-state index contributed by atoms with van der Waals surface area (Å²) in [6, 6.07) is 0. The zero-order valence-electron chi connectivity index (χ0n) is 12.1. The molecular formula is C13H22N2O7. The fourth-order valence-electron chi connectivity index (χ4n) is 1.88. The SMILES string of the molecule is COC(c1cncc(CC(O)C(O)CO)n1)C(O)C(O)CO. The molecule has 9 nitrogen and oxygen atoms in total. The van der Waals surface area contributed by atoms with Crippen LogP contribution in [0.1, 0.15) is 17.5 Å². The lowest BCUT2D eigenvalue weighted by atomic mass is 10.0. The van der Waals surface area contributed by atoms with Crippen LogP contribution < -0.4 is 0 Å². The molecule has 0 aliphatic heterocycles. The van der Waals surface area contributed by atoms with E-state index in [1.807, 2.05) is 0 Å². The fraction of sp³-hybridized carbons (Fsp3) is 0.692. The molecule has 0 aromatic carbocycles. The number of nitrogens with zero attached hydrogens (tertiary/aromatic N) is 2. The van der Waals surface area contributed by atoms with Crippen molar-refractivity contribution in [2.45, 2.75) is 36.9 Å². The molecule has 0 radical (unpaired) electrons. The number of aliphatic hydroxyl groups excluding tert-OH is 6. The summed E-state index contributed by atoms with van der Waals surface area (Å²) < 4.78 is 5.07. The van der Waals surface area contributed by atoms with Crippen LogP contribution in [0.3, 0.4) is 0 Å². The van der Waals surface area contributed by atoms with Gasteiger partial charge in [-0.2, -0.15) is 0 Å². The van der Waals surface area contributed by atoms with Crippen molar-refractivity contribution < 1.29 is 35.4 Å². The second-order valence-corrected chi connectivity index (χ2v) is 4.85. The minimum absolute atomic E-state index is 0.0579. The minimum Gasteiger partial charge on any atom is -0.394 e. The first-order valence-corrected chi connectivity index (χ1v) is 6.72. The van der Waals surface area contributed by atoms with Crippen LogP contribution in [-0.4, -0.2) is 85.3 Å². The van der Waals surface area contributed by atoms with E-state index >= 15 is 0 Å². The highest BCUT2D eigenvalue weighted by Crippen LogP contribution is 2.21. The van der Waals surface area contributed by atoms with E-state index in [9.17, 15) is 20.4 Å². The molecular weight excluding hydrogens is 296 g/mol. The lowest BCUT2D eigenvalue weighted by Crippen LogP contribution is -2.36. The molecule has 6 N–H and O–H groups in total. The topological polar surface area (TPSA) is 156 Å². The maximum Gasteiger partial charge on any atom is 0.129 e. The third-order valence-corrected chi connectivity index (χ3v) is 3.19. The van der Waals surface area contributed by atoms with Gasteiger partial charge in [-0.15, -0.1) is 0 Å². The molecule has 1 rings (SSSR count). The first kappa shape index (κ1) is 18.8. The summed E-state index contributed by atoms with van der Waals surface area (Å²) in [6.07, 6.45) is -3.73. The molecule has 0 aliphatic rings. The van der Waals surface area contributed by atoms with E-state index in [0.717, 1.165) is 0 Å². The highest BCUT2D eigenvalue weighted by molar-refractivity contribution is 5.09. The first-order chi connectivity index (χ1) is 10.4. The van der Waals surface area contributed by atoms with Gasteiger partial charge in [-0.25, -0.2) is 0 Å². The monoisotopic (exact) mass is 318 g/mol. The normalized spacial score (nSPS) is 18.5. The zero-order valence-corrected chi connectivity index (χ0v) is 12.1. The summed E-state index contributed by atoms with van der Waals surface area (Å²) >= 11 is 0. The summed E-state index contributed by atoms with van der Waals surface area (Å²) in [5.74, 6) is 0. The Morgan fingerprint density at radius 1 is 1.00 bits per heavy atom. The smallest absolute Gasteiger partial charge is 0.129 e. The molecule has 0 saturated carbocycles. The van der Waals surface area contributed by atoms with Crippen LogP contribution in [0.25, 0.3) is 0 Å². The summed E-state index contributed by atoms with van der Waals surface area (Å²) in [7, 11) is 1.30. The van der Waals surface area contributed by atoms with Crippen LogP contribution in [0.15, 0.2) is 12.4 Å². The maximum atomic E-state index is 9.90. The number of hydrogen-bond acceptors (Lipinski definition) is 9. The quantitative estimate of drug-likeness (QED) is 0.282. The molecule has 1 aromatic rings. The Hall–Kier alpha value is -1.20. The average Bonchev–Trinajstić information content (AvgIpc) is 2.54. The van der Waals surface area contributed by atoms with Gasteiger partial charge in [0.05, 0.1) is 36.9 Å². The predicted octanol–water partition coefficient (Wildman–Crippen LogP) is -2.87. The molecule has 0 fully saturated rings. The van der Waals surface area contributed by atoms with Crippen molar-refractivity contribution in [1.82, 2.24) is 9.97 Å². The van der Waals surface area contributed by atoms with Crippen molar-refractivity contribution in [2.75, 3.05) is 20.3 Å². The molecule has 0 spiro atoms. The van der Waals surface area contributed by atoms with Crippen molar-refractivity contribution in [3.63, 3.8) is 0 Å². The van der Waals surface area contributed by atoms with E-state index in [-0.39, 0.29) is 12.1 Å². The Morgan fingerprint density at radius 2 is 1.64 bits per heavy atom. The Bertz CT molecular complexity index is 448. The maximum absolute atomic E-state index is 9.90. The third kappa shape index (κ3) is 4.92. The number of rotatable bonds is 9. The molecule has 1 heterocycles. The van der Waals surface area contributed by atoms with Crippen LogP contribution in [0, 0.1) is 0 Å². The summed E-state index contributed by atoms with van der Waals surface area (Å²) in [6.45, 7) is -1.23. The number of methoxy groups -OCH3 is 1. The molecule has 126 valence electrons. The highest BCUT2D eigenvalue weighted by atomic mass is 16.5. The molecule has 5 atom stereocenters. The summed E-state index contributed by atoms with van der Waals surface area (Å²) in [5.41, 5.74) is 0.510. The fourth-order valence-corrected chi connectivity index (χ4v) is 1.88. The molecule has 5 unspecified atom stereocenters. The third-order valence-electron chi connectivity index (χ3n) is 3.19. The molecule has 0 saturated heterocycles. The number of aromatic nitrogens is 2. The molecule has 0 bridgehead atoms. The zero-order chi connectivity index (χ0) is 16.7. The van der Waals surface area contributed by atoms with Gasteiger partial charge >= 0.3 is 0 Å². The lowest BCUT2D eigenvalue weighted by Gasteiger charge is -2.24. The second kappa shape index (κ2) is 9.06. The van der Waals surface area contributed by atoms with Crippen molar-refractivity contribution in [1.29, 1.82) is 0 Å². The molecule has 0 amide bonds. The van der Waals surface area contributed by atoms with Crippen LogP contribution in [-0.2, 0) is 11.2 Å². The Kier molecular flexibility index (Phi) is 7.76. The van der Waals surface area contributed by atoms with Gasteiger partial charge in [0.15, 0.2) is 0 Å². The van der Waals surface area contributed by atoms with Gasteiger partial charge in [-0.05, 0) is 0 Å². The Morgan fingerprint density at radius 3 is 2.18 bits per heavy atom. The van der Waals surface area contributed by atoms with Gasteiger partial charge in [0.1, 0.15) is 24.4 Å². The van der Waals surface area contributed by atoms with Gasteiger partial charge in [0.25, 0.3) is 0 Å². The largest absolute Gasteiger partial charge is 0.394 e. The average molecular weight is 318 g/mol. The van der Waals surface area contributed by atoms with Crippen LogP contribution in [0.2, 0.25) is 0 Å². The van der Waals surface area contributed by atoms with Gasteiger partial charge in [0.2, 0.25) is 0 Å².